The van der Waals surface area contributed by atoms with Crippen LogP contribution in [-0.4, -0.2) is 41.9 Å². The summed E-state index contributed by atoms with van der Waals surface area (Å²) in [6.07, 6.45) is 3.11. The molecule has 63 heavy (non-hydrogen) atoms. The topological polar surface area (TPSA) is 124 Å². The number of halogens is 7. The van der Waals surface area contributed by atoms with Gasteiger partial charge in [0, 0.05) is 37.4 Å². The smallest absolute Gasteiger partial charge is 0.259 e. The Balaban J connectivity index is 0.000000215. The summed E-state index contributed by atoms with van der Waals surface area (Å²) in [6.45, 7) is 17.9. The molecule has 0 spiro atoms. The van der Waals surface area contributed by atoms with E-state index in [1.165, 1.54) is 24.3 Å². The molecule has 0 unspecified atom stereocenters. The van der Waals surface area contributed by atoms with Gasteiger partial charge in [-0.15, -0.1) is 0 Å². The van der Waals surface area contributed by atoms with Gasteiger partial charge in [-0.2, -0.15) is 23.4 Å². The number of nitrogens with zero attached hydrogens (tertiary/aromatic N) is 5. The van der Waals surface area contributed by atoms with Gasteiger partial charge in [0.15, 0.2) is 0 Å². The first-order chi connectivity index (χ1) is 29.1. The predicted molar refractivity (Wildman–Crippen MR) is 242 cm³/mol. The van der Waals surface area contributed by atoms with E-state index in [2.05, 4.69) is 77.3 Å². The highest BCUT2D eigenvalue weighted by molar-refractivity contribution is 9.11. The average molecular weight is 1050 g/mol. The molecule has 2 aliphatic rings. The Hall–Kier alpha value is -3.36. The van der Waals surface area contributed by atoms with E-state index in [1.54, 1.807) is 23.0 Å². The maximum absolute atomic E-state index is 14.2. The highest BCUT2D eigenvalue weighted by Gasteiger charge is 2.41. The molecule has 19 heteroatoms. The second-order valence-electron chi connectivity index (χ2n) is 18.9. The Morgan fingerprint density at radius 3 is 1.52 bits per heavy atom. The number of benzene rings is 2. The molecule has 0 radical (unpaired) electrons. The Kier molecular flexibility index (Phi) is 14.1. The lowest BCUT2D eigenvalue weighted by molar-refractivity contribution is -0.141. The van der Waals surface area contributed by atoms with Crippen molar-refractivity contribution in [1.82, 2.24) is 34.0 Å². The van der Waals surface area contributed by atoms with E-state index in [-0.39, 0.29) is 33.0 Å². The van der Waals surface area contributed by atoms with Crippen LogP contribution in [-0.2, 0) is 38.3 Å². The summed E-state index contributed by atoms with van der Waals surface area (Å²) in [6, 6.07) is 9.64. The van der Waals surface area contributed by atoms with Gasteiger partial charge in [0.2, 0.25) is 10.0 Å². The summed E-state index contributed by atoms with van der Waals surface area (Å²) in [7, 11) is -5.43. The van der Waals surface area contributed by atoms with Crippen molar-refractivity contribution >= 4 is 52.9 Å². The van der Waals surface area contributed by atoms with Crippen LogP contribution in [0.3, 0.4) is 0 Å². The normalized spacial score (nSPS) is 16.6. The second kappa shape index (κ2) is 18.1. The average Bonchev–Trinajstić information content (AvgIpc) is 4.11. The van der Waals surface area contributed by atoms with E-state index in [1.807, 2.05) is 52.4 Å². The van der Waals surface area contributed by atoms with Gasteiger partial charge in [0.1, 0.15) is 22.2 Å². The van der Waals surface area contributed by atoms with E-state index < -0.39 is 50.3 Å². The van der Waals surface area contributed by atoms with Crippen LogP contribution in [0.15, 0.2) is 81.0 Å². The van der Waals surface area contributed by atoms with Crippen molar-refractivity contribution in [2.45, 2.75) is 127 Å². The first-order valence-corrected chi connectivity index (χ1v) is 24.6. The van der Waals surface area contributed by atoms with E-state index in [0.717, 1.165) is 53.0 Å². The Bertz CT molecular complexity index is 2590. The molecule has 10 nitrogen and oxygen atoms in total. The van der Waals surface area contributed by atoms with Crippen LogP contribution in [0.2, 0.25) is 0 Å². The summed E-state index contributed by atoms with van der Waals surface area (Å²) in [4.78, 5) is 2.89. The molecule has 0 amide bonds. The van der Waals surface area contributed by atoms with Crippen LogP contribution < -0.4 is 9.44 Å². The van der Waals surface area contributed by atoms with Gasteiger partial charge in [0.05, 0.1) is 62.7 Å². The van der Waals surface area contributed by atoms with E-state index >= 15 is 0 Å². The van der Waals surface area contributed by atoms with Crippen LogP contribution in [0.4, 0.5) is 22.0 Å². The third kappa shape index (κ3) is 11.5. The molecular formula is C44H52Br2F5N7O3S2. The fourth-order valence-electron chi connectivity index (χ4n) is 7.01. The fourth-order valence-corrected chi connectivity index (χ4v) is 10.0. The summed E-state index contributed by atoms with van der Waals surface area (Å²) in [5.41, 5.74) is 2.24. The number of hydrogen-bond acceptors (Lipinski definition) is 6. The molecule has 342 valence electrons. The zero-order valence-electron chi connectivity index (χ0n) is 36.4. The molecule has 3 heterocycles. The van der Waals surface area contributed by atoms with Gasteiger partial charge in [-0.05, 0) is 148 Å². The molecule has 2 saturated carbocycles. The fraction of sp³-hybridized carbons (Fsp3) is 0.477. The Morgan fingerprint density at radius 1 is 0.698 bits per heavy atom. The summed E-state index contributed by atoms with van der Waals surface area (Å²) < 4.78 is 117. The quantitative estimate of drug-likeness (QED) is 0.127. The van der Waals surface area contributed by atoms with Crippen LogP contribution in [0.1, 0.15) is 117 Å². The van der Waals surface area contributed by atoms with Gasteiger partial charge in [0.25, 0.3) is 0 Å². The third-order valence-corrected chi connectivity index (χ3v) is 14.9. The van der Waals surface area contributed by atoms with Crippen LogP contribution in [0, 0.1) is 23.5 Å². The van der Waals surface area contributed by atoms with E-state index in [0.29, 0.717) is 39.5 Å². The molecule has 3 aromatic heterocycles. The van der Waals surface area contributed by atoms with Crippen LogP contribution in [0.5, 0.6) is 0 Å². The molecule has 5 aromatic rings. The monoisotopic (exact) mass is 1040 g/mol. The van der Waals surface area contributed by atoms with Crippen molar-refractivity contribution in [3.05, 3.63) is 105 Å². The first kappa shape index (κ1) is 49.1. The number of rotatable bonds is 11. The second-order valence-corrected chi connectivity index (χ2v) is 24.4. The zero-order chi connectivity index (χ0) is 46.6. The van der Waals surface area contributed by atoms with Gasteiger partial charge >= 0.3 is 6.18 Å². The Labute approximate surface area is 385 Å². The summed E-state index contributed by atoms with van der Waals surface area (Å²) >= 11 is 7.05. The van der Waals surface area contributed by atoms with Crippen molar-refractivity contribution in [1.29, 1.82) is 0 Å². The lowest BCUT2D eigenvalue weighted by Crippen LogP contribution is -2.36. The number of nitrogens with one attached hydrogen (secondary N) is 2. The van der Waals surface area contributed by atoms with Crippen molar-refractivity contribution < 1.29 is 34.6 Å². The van der Waals surface area contributed by atoms with Gasteiger partial charge in [-0.3, -0.25) is 14.3 Å². The van der Waals surface area contributed by atoms with E-state index in [4.69, 9.17) is 0 Å². The maximum atomic E-state index is 14.2. The highest BCUT2D eigenvalue weighted by Crippen LogP contribution is 2.48. The molecule has 0 saturated heterocycles. The summed E-state index contributed by atoms with van der Waals surface area (Å²) in [5.74, 6) is -0.388. The van der Waals surface area contributed by atoms with Crippen molar-refractivity contribution in [3.63, 3.8) is 0 Å². The van der Waals surface area contributed by atoms with Gasteiger partial charge in [-0.1, -0.05) is 31.9 Å². The minimum absolute atomic E-state index is 0.0455. The molecule has 2 N–H and O–H groups in total. The molecule has 3 atom stereocenters. The predicted octanol–water partition coefficient (Wildman–Crippen LogP) is 11.8. The minimum atomic E-state index is -4.68. The largest absolute Gasteiger partial charge is 0.433 e. The zero-order valence-corrected chi connectivity index (χ0v) is 41.2. The lowest BCUT2D eigenvalue weighted by atomic mass is 9.98. The summed E-state index contributed by atoms with van der Waals surface area (Å²) in [5, 5.41) is 9.18. The number of alkyl halides is 3. The van der Waals surface area contributed by atoms with Gasteiger partial charge < -0.3 is 0 Å². The molecule has 0 aliphatic heterocycles. The van der Waals surface area contributed by atoms with Crippen molar-refractivity contribution in [2.24, 2.45) is 11.8 Å². The molecular weight excluding hydrogens is 993 g/mol. The molecule has 7 rings (SSSR count). The molecule has 2 fully saturated rings. The Morgan fingerprint density at radius 2 is 1.14 bits per heavy atom. The first-order valence-electron chi connectivity index (χ1n) is 20.4. The number of hydrogen-bond donors (Lipinski definition) is 2. The SMILES string of the molecule is CC(C)(C)n1ncc([C@H](NS(=O)(=O)c2ccc(C(F)(F)F)nc2)C2CC2)c1-c1cc(F)ccc1Br.CC(C)(C)n1ncc([C@H](N[S@](=O)C(C)(C)C)C2CC2)c1-c1cc(F)ccc1Br. The standard InChI is InChI=1S/C23H23BrF4N4O2S.C21H29BrFN3OS/c1-22(2,3)32-21(16-10-14(25)6-8-18(16)24)17(12-30-32)20(13-4-5-13)31-35(33,34)15-7-9-19(29-11-15)23(26,27)28;1-20(2,3)26-19(15-11-14(23)9-10-17(15)22)16(12-24-26)18(13-7-8-13)25-28(27)21(4,5)6/h6-13,20,31H,4-5H2,1-3H3;9-13,18,25H,7-8H2,1-6H3/t20-;18-,28-/m11/s1. The number of pyridine rings is 1. The number of sulfonamides is 1. The molecule has 2 aromatic carbocycles. The van der Waals surface area contributed by atoms with Crippen molar-refractivity contribution in [3.8, 4) is 22.5 Å². The van der Waals surface area contributed by atoms with Crippen molar-refractivity contribution in [2.75, 3.05) is 0 Å². The van der Waals surface area contributed by atoms with Gasteiger partial charge in [-0.25, -0.2) is 30.9 Å². The molecule has 2 aliphatic carbocycles. The maximum Gasteiger partial charge on any atom is 0.433 e. The number of aromatic nitrogens is 5. The molecule has 0 bridgehead atoms. The lowest BCUT2D eigenvalue weighted by Gasteiger charge is -2.27. The highest BCUT2D eigenvalue weighted by atomic mass is 79.9. The van der Waals surface area contributed by atoms with Crippen LogP contribution in [0.25, 0.3) is 22.5 Å². The van der Waals surface area contributed by atoms with Crippen LogP contribution >= 0.6 is 31.9 Å². The third-order valence-electron chi connectivity index (χ3n) is 10.5. The van der Waals surface area contributed by atoms with E-state index in [9.17, 15) is 34.6 Å². The minimum Gasteiger partial charge on any atom is -0.259 e.